The number of sulfone groups is 1. The number of benzene rings is 1. The lowest BCUT2D eigenvalue weighted by Crippen LogP contribution is -2.01. The highest BCUT2D eigenvalue weighted by Gasteiger charge is 2.23. The lowest BCUT2D eigenvalue weighted by atomic mass is 10.2. The van der Waals surface area contributed by atoms with E-state index in [2.05, 4.69) is 14.3 Å². The summed E-state index contributed by atoms with van der Waals surface area (Å²) in [5.74, 6) is 0.396. The fourth-order valence-corrected chi connectivity index (χ4v) is 3.89. The van der Waals surface area contributed by atoms with Gasteiger partial charge in [0, 0.05) is 18.0 Å². The highest BCUT2D eigenvalue weighted by atomic mass is 32.2. The van der Waals surface area contributed by atoms with E-state index in [1.165, 1.54) is 0 Å². The average molecular weight is 317 g/mol. The van der Waals surface area contributed by atoms with Crippen LogP contribution in [-0.2, 0) is 9.84 Å². The van der Waals surface area contributed by atoms with Gasteiger partial charge in [0.1, 0.15) is 0 Å². The highest BCUT2D eigenvalue weighted by molar-refractivity contribution is 7.93. The minimum Gasteiger partial charge on any atom is -0.265 e. The SMILES string of the molecule is Cc1ccc(S(=O)(=O)c2nc(-c3ccncc3)ns2)cc1. The van der Waals surface area contributed by atoms with Gasteiger partial charge in [0.25, 0.3) is 0 Å². The van der Waals surface area contributed by atoms with Gasteiger partial charge in [-0.2, -0.15) is 4.37 Å². The molecule has 0 spiro atoms. The first-order chi connectivity index (χ1) is 10.1. The Bertz CT molecular complexity index is 857. The quantitative estimate of drug-likeness (QED) is 0.742. The van der Waals surface area contributed by atoms with Gasteiger partial charge in [0.05, 0.1) is 4.90 Å². The second-order valence-electron chi connectivity index (χ2n) is 4.44. The van der Waals surface area contributed by atoms with Crippen LogP contribution in [0.4, 0.5) is 0 Å². The largest absolute Gasteiger partial charge is 0.265 e. The van der Waals surface area contributed by atoms with Crippen molar-refractivity contribution in [3.63, 3.8) is 0 Å². The van der Waals surface area contributed by atoms with Crippen molar-refractivity contribution in [2.24, 2.45) is 0 Å². The minimum absolute atomic E-state index is 0.00170. The van der Waals surface area contributed by atoms with Crippen LogP contribution in [0.25, 0.3) is 11.4 Å². The monoisotopic (exact) mass is 317 g/mol. The van der Waals surface area contributed by atoms with Crippen LogP contribution in [0.2, 0.25) is 0 Å². The number of rotatable bonds is 3. The molecule has 0 aliphatic heterocycles. The van der Waals surface area contributed by atoms with Gasteiger partial charge in [-0.25, -0.2) is 13.4 Å². The molecule has 0 radical (unpaired) electrons. The fourth-order valence-electron chi connectivity index (χ4n) is 1.76. The van der Waals surface area contributed by atoms with E-state index in [1.54, 1.807) is 48.8 Å². The van der Waals surface area contributed by atoms with Crippen LogP contribution in [0.5, 0.6) is 0 Å². The summed E-state index contributed by atoms with van der Waals surface area (Å²) >= 11 is 0.881. The first-order valence-electron chi connectivity index (χ1n) is 6.13. The molecule has 2 aromatic heterocycles. The summed E-state index contributed by atoms with van der Waals surface area (Å²) < 4.78 is 29.1. The van der Waals surface area contributed by atoms with Crippen molar-refractivity contribution < 1.29 is 8.42 Å². The molecule has 1 aromatic carbocycles. The van der Waals surface area contributed by atoms with E-state index in [0.29, 0.717) is 5.82 Å². The van der Waals surface area contributed by atoms with Crippen LogP contribution in [0.15, 0.2) is 58.0 Å². The summed E-state index contributed by atoms with van der Waals surface area (Å²) in [4.78, 5) is 8.28. The number of pyridine rings is 1. The molecule has 0 fully saturated rings. The maximum absolute atomic E-state index is 12.5. The molecule has 3 aromatic rings. The maximum atomic E-state index is 12.5. The van der Waals surface area contributed by atoms with Gasteiger partial charge in [0.2, 0.25) is 14.2 Å². The third-order valence-corrected chi connectivity index (χ3v) is 5.74. The molecule has 0 unspecified atom stereocenters. The van der Waals surface area contributed by atoms with Crippen molar-refractivity contribution in [1.29, 1.82) is 0 Å². The Labute approximate surface area is 126 Å². The molecule has 0 saturated heterocycles. The van der Waals surface area contributed by atoms with Crippen molar-refractivity contribution in [2.75, 3.05) is 0 Å². The molecule has 7 heteroatoms. The first kappa shape index (κ1) is 13.8. The van der Waals surface area contributed by atoms with Gasteiger partial charge < -0.3 is 0 Å². The van der Waals surface area contributed by atoms with Crippen molar-refractivity contribution in [1.82, 2.24) is 14.3 Å². The predicted octanol–water partition coefficient (Wildman–Crippen LogP) is 2.74. The summed E-state index contributed by atoms with van der Waals surface area (Å²) in [5.41, 5.74) is 1.75. The van der Waals surface area contributed by atoms with Gasteiger partial charge in [-0.05, 0) is 42.7 Å². The van der Waals surface area contributed by atoms with Crippen molar-refractivity contribution in [3.05, 3.63) is 54.4 Å². The van der Waals surface area contributed by atoms with Crippen LogP contribution >= 0.6 is 11.5 Å². The van der Waals surface area contributed by atoms with Crippen molar-refractivity contribution in [2.45, 2.75) is 16.2 Å². The average Bonchev–Trinajstić information content (AvgIpc) is 2.99. The smallest absolute Gasteiger partial charge is 0.235 e. The molecule has 21 heavy (non-hydrogen) atoms. The second-order valence-corrected chi connectivity index (χ2v) is 7.31. The summed E-state index contributed by atoms with van der Waals surface area (Å²) in [7, 11) is -3.61. The number of hydrogen-bond donors (Lipinski definition) is 0. The lowest BCUT2D eigenvalue weighted by molar-refractivity contribution is 0.595. The Hall–Kier alpha value is -2.12. The molecule has 0 aliphatic carbocycles. The number of hydrogen-bond acceptors (Lipinski definition) is 6. The first-order valence-corrected chi connectivity index (χ1v) is 8.39. The molecule has 2 heterocycles. The van der Waals surface area contributed by atoms with E-state index in [0.717, 1.165) is 22.7 Å². The van der Waals surface area contributed by atoms with Gasteiger partial charge in [-0.15, -0.1) is 0 Å². The minimum atomic E-state index is -3.61. The van der Waals surface area contributed by atoms with Crippen LogP contribution in [0.3, 0.4) is 0 Å². The zero-order chi connectivity index (χ0) is 14.9. The molecule has 0 amide bonds. The number of aryl methyl sites for hydroxylation is 1. The molecule has 0 bridgehead atoms. The number of aromatic nitrogens is 3. The standard InChI is InChI=1S/C14H11N3O2S2/c1-10-2-4-12(5-3-10)21(18,19)14-16-13(17-20-14)11-6-8-15-9-7-11/h2-9H,1H3. The molecule has 0 aliphatic rings. The van der Waals surface area contributed by atoms with Crippen molar-refractivity contribution in [3.8, 4) is 11.4 Å². The summed E-state index contributed by atoms with van der Waals surface area (Å²) in [6.45, 7) is 1.91. The topological polar surface area (TPSA) is 72.8 Å². The summed E-state index contributed by atoms with van der Waals surface area (Å²) in [5, 5.41) is 0. The summed E-state index contributed by atoms with van der Waals surface area (Å²) in [6.07, 6.45) is 3.23. The Balaban J connectivity index is 2.01. The Kier molecular flexibility index (Phi) is 3.52. The van der Waals surface area contributed by atoms with E-state index < -0.39 is 9.84 Å². The zero-order valence-corrected chi connectivity index (χ0v) is 12.7. The number of nitrogens with zero attached hydrogens (tertiary/aromatic N) is 3. The van der Waals surface area contributed by atoms with E-state index >= 15 is 0 Å². The Morgan fingerprint density at radius 1 is 1.00 bits per heavy atom. The lowest BCUT2D eigenvalue weighted by Gasteiger charge is -2.00. The molecular formula is C14H11N3O2S2. The molecule has 5 nitrogen and oxygen atoms in total. The Morgan fingerprint density at radius 3 is 2.33 bits per heavy atom. The third kappa shape index (κ3) is 2.70. The molecule has 106 valence electrons. The van der Waals surface area contributed by atoms with Gasteiger partial charge in [-0.3, -0.25) is 4.98 Å². The van der Waals surface area contributed by atoms with Crippen LogP contribution in [-0.4, -0.2) is 22.8 Å². The molecule has 0 saturated carbocycles. The summed E-state index contributed by atoms with van der Waals surface area (Å²) in [6, 6.07) is 10.2. The maximum Gasteiger partial charge on any atom is 0.235 e. The third-order valence-electron chi connectivity index (χ3n) is 2.91. The zero-order valence-electron chi connectivity index (χ0n) is 11.1. The fraction of sp³-hybridized carbons (Fsp3) is 0.0714. The van der Waals surface area contributed by atoms with Gasteiger partial charge in [0.15, 0.2) is 5.82 Å². The van der Waals surface area contributed by atoms with Crippen molar-refractivity contribution >= 4 is 21.4 Å². The van der Waals surface area contributed by atoms with Crippen LogP contribution in [0, 0.1) is 6.92 Å². The van der Waals surface area contributed by atoms with E-state index in [4.69, 9.17) is 0 Å². The van der Waals surface area contributed by atoms with Crippen LogP contribution in [0.1, 0.15) is 5.56 Å². The second kappa shape index (κ2) is 5.34. The molecule has 0 N–H and O–H groups in total. The molecule has 3 rings (SSSR count). The van der Waals surface area contributed by atoms with Crippen LogP contribution < -0.4 is 0 Å². The predicted molar refractivity (Wildman–Crippen MR) is 79.8 cm³/mol. The normalized spacial score (nSPS) is 11.5. The van der Waals surface area contributed by atoms with E-state index in [-0.39, 0.29) is 9.24 Å². The Morgan fingerprint density at radius 2 is 1.67 bits per heavy atom. The van der Waals surface area contributed by atoms with Gasteiger partial charge >= 0.3 is 0 Å². The van der Waals surface area contributed by atoms with E-state index in [1.807, 2.05) is 6.92 Å². The molecular weight excluding hydrogens is 306 g/mol. The highest BCUT2D eigenvalue weighted by Crippen LogP contribution is 2.25. The van der Waals surface area contributed by atoms with Gasteiger partial charge in [-0.1, -0.05) is 17.7 Å². The molecule has 0 atom stereocenters. The van der Waals surface area contributed by atoms with E-state index in [9.17, 15) is 8.42 Å².